The van der Waals surface area contributed by atoms with Crippen LogP contribution in [0, 0.1) is 5.92 Å². The Morgan fingerprint density at radius 1 is 1.27 bits per heavy atom. The fraction of sp³-hybridized carbons (Fsp3) is 0.941. The molecule has 0 bridgehead atoms. The van der Waals surface area contributed by atoms with Gasteiger partial charge in [0.1, 0.15) is 0 Å². The maximum atomic E-state index is 5.90. The summed E-state index contributed by atoms with van der Waals surface area (Å²) in [6, 6.07) is 0. The van der Waals surface area contributed by atoms with E-state index in [1.807, 2.05) is 0 Å². The topological polar surface area (TPSA) is 46.1 Å². The van der Waals surface area contributed by atoms with Gasteiger partial charge < -0.3 is 19.7 Å². The van der Waals surface area contributed by atoms with E-state index in [0.717, 1.165) is 51.8 Å². The lowest BCUT2D eigenvalue weighted by atomic mass is 10.1. The predicted molar refractivity (Wildman–Crippen MR) is 90.4 cm³/mol. The molecule has 0 aromatic heterocycles. The van der Waals surface area contributed by atoms with Crippen LogP contribution in [0.15, 0.2) is 4.99 Å². The Morgan fingerprint density at radius 2 is 2.09 bits per heavy atom. The van der Waals surface area contributed by atoms with E-state index in [4.69, 9.17) is 14.5 Å². The highest BCUT2D eigenvalue weighted by molar-refractivity contribution is 5.80. The third-order valence-electron chi connectivity index (χ3n) is 4.54. The van der Waals surface area contributed by atoms with Crippen molar-refractivity contribution in [2.75, 3.05) is 46.5 Å². The van der Waals surface area contributed by atoms with Crippen molar-refractivity contribution in [3.05, 3.63) is 0 Å². The molecule has 1 N–H and O–H groups in total. The standard InChI is InChI=1S/C17H33N3O2/c1-3-18-17(20-11-9-15(13-20)14-21-2)19-10-6-12-22-16-7-4-5-8-16/h15-16H,3-14H2,1-2H3,(H,18,19). The van der Waals surface area contributed by atoms with Gasteiger partial charge in [0.05, 0.1) is 12.7 Å². The highest BCUT2D eigenvalue weighted by Gasteiger charge is 2.24. The molecule has 0 aromatic carbocycles. The predicted octanol–water partition coefficient (Wildman–Crippen LogP) is 2.27. The third-order valence-corrected chi connectivity index (χ3v) is 4.54. The largest absolute Gasteiger partial charge is 0.384 e. The van der Waals surface area contributed by atoms with Crippen molar-refractivity contribution >= 4 is 5.96 Å². The third kappa shape index (κ3) is 5.76. The van der Waals surface area contributed by atoms with E-state index in [1.54, 1.807) is 7.11 Å². The molecule has 22 heavy (non-hydrogen) atoms. The molecule has 2 fully saturated rings. The number of hydrogen-bond donors (Lipinski definition) is 1. The Labute approximate surface area is 135 Å². The molecule has 1 aliphatic heterocycles. The average Bonchev–Trinajstić information content (AvgIpc) is 3.18. The van der Waals surface area contributed by atoms with Crippen LogP contribution in [0.5, 0.6) is 0 Å². The van der Waals surface area contributed by atoms with Crippen LogP contribution in [0.1, 0.15) is 45.4 Å². The molecular formula is C17H33N3O2. The Kier molecular flexibility index (Phi) is 8.02. The summed E-state index contributed by atoms with van der Waals surface area (Å²) in [6.45, 7) is 7.73. The van der Waals surface area contributed by atoms with Crippen LogP contribution in [0.3, 0.4) is 0 Å². The highest BCUT2D eigenvalue weighted by Crippen LogP contribution is 2.21. The molecule has 5 heteroatoms. The number of hydrogen-bond acceptors (Lipinski definition) is 3. The first-order chi connectivity index (χ1) is 10.8. The van der Waals surface area contributed by atoms with Gasteiger partial charge in [0.15, 0.2) is 5.96 Å². The molecule has 1 saturated carbocycles. The zero-order valence-electron chi connectivity index (χ0n) is 14.4. The van der Waals surface area contributed by atoms with Crippen molar-refractivity contribution in [2.45, 2.75) is 51.6 Å². The molecule has 1 atom stereocenters. The summed E-state index contributed by atoms with van der Waals surface area (Å²) in [6.07, 6.45) is 7.91. The molecule has 0 aromatic rings. The molecule has 1 heterocycles. The fourth-order valence-electron chi connectivity index (χ4n) is 3.38. The summed E-state index contributed by atoms with van der Waals surface area (Å²) in [7, 11) is 1.78. The summed E-state index contributed by atoms with van der Waals surface area (Å²) in [5.41, 5.74) is 0. The van der Waals surface area contributed by atoms with Crippen LogP contribution in [-0.4, -0.2) is 63.5 Å². The van der Waals surface area contributed by atoms with Crippen molar-refractivity contribution in [1.82, 2.24) is 10.2 Å². The molecular weight excluding hydrogens is 278 g/mol. The van der Waals surface area contributed by atoms with Crippen LogP contribution >= 0.6 is 0 Å². The molecule has 2 aliphatic rings. The minimum Gasteiger partial charge on any atom is -0.384 e. The minimum absolute atomic E-state index is 0.519. The van der Waals surface area contributed by atoms with Crippen LogP contribution in [0.4, 0.5) is 0 Å². The first-order valence-electron chi connectivity index (χ1n) is 8.97. The van der Waals surface area contributed by atoms with E-state index in [9.17, 15) is 0 Å². The van der Waals surface area contributed by atoms with Gasteiger partial charge in [-0.2, -0.15) is 0 Å². The number of ether oxygens (including phenoxy) is 2. The van der Waals surface area contributed by atoms with Gasteiger partial charge >= 0.3 is 0 Å². The van der Waals surface area contributed by atoms with Crippen molar-refractivity contribution in [1.29, 1.82) is 0 Å². The summed E-state index contributed by atoms with van der Waals surface area (Å²) >= 11 is 0. The molecule has 1 aliphatic carbocycles. The van der Waals surface area contributed by atoms with Gasteiger partial charge in [-0.3, -0.25) is 4.99 Å². The van der Waals surface area contributed by atoms with Crippen molar-refractivity contribution in [2.24, 2.45) is 10.9 Å². The van der Waals surface area contributed by atoms with Gasteiger partial charge in [-0.05, 0) is 32.6 Å². The van der Waals surface area contributed by atoms with Crippen molar-refractivity contribution < 1.29 is 9.47 Å². The van der Waals surface area contributed by atoms with E-state index in [2.05, 4.69) is 17.1 Å². The van der Waals surface area contributed by atoms with E-state index < -0.39 is 0 Å². The van der Waals surface area contributed by atoms with Gasteiger partial charge in [-0.25, -0.2) is 0 Å². The summed E-state index contributed by atoms with van der Waals surface area (Å²) in [5.74, 6) is 1.70. The lowest BCUT2D eigenvalue weighted by Gasteiger charge is -2.21. The summed E-state index contributed by atoms with van der Waals surface area (Å²) in [4.78, 5) is 7.13. The van der Waals surface area contributed by atoms with E-state index in [1.165, 1.54) is 32.1 Å². The van der Waals surface area contributed by atoms with E-state index in [0.29, 0.717) is 12.0 Å². The fourth-order valence-corrected chi connectivity index (χ4v) is 3.38. The SMILES string of the molecule is CCNC(=NCCCOC1CCCC1)N1CCC(COC)C1. The van der Waals surface area contributed by atoms with Crippen molar-refractivity contribution in [3.63, 3.8) is 0 Å². The second-order valence-electron chi connectivity index (χ2n) is 6.42. The second kappa shape index (κ2) is 10.1. The summed E-state index contributed by atoms with van der Waals surface area (Å²) < 4.78 is 11.2. The number of likely N-dealkylation sites (tertiary alicyclic amines) is 1. The molecule has 1 saturated heterocycles. The molecule has 5 nitrogen and oxygen atoms in total. The first-order valence-corrected chi connectivity index (χ1v) is 8.97. The van der Waals surface area contributed by atoms with Crippen LogP contribution in [0.25, 0.3) is 0 Å². The van der Waals surface area contributed by atoms with Gasteiger partial charge in [-0.15, -0.1) is 0 Å². The first kappa shape index (κ1) is 17.5. The van der Waals surface area contributed by atoms with Crippen LogP contribution in [-0.2, 0) is 9.47 Å². The summed E-state index contributed by atoms with van der Waals surface area (Å²) in [5, 5.41) is 3.41. The number of methoxy groups -OCH3 is 1. The number of nitrogens with zero attached hydrogens (tertiary/aromatic N) is 2. The van der Waals surface area contributed by atoms with Crippen molar-refractivity contribution in [3.8, 4) is 0 Å². The van der Waals surface area contributed by atoms with Gasteiger partial charge in [0, 0.05) is 45.8 Å². The van der Waals surface area contributed by atoms with Crippen LogP contribution < -0.4 is 5.32 Å². The zero-order chi connectivity index (χ0) is 15.6. The second-order valence-corrected chi connectivity index (χ2v) is 6.42. The zero-order valence-corrected chi connectivity index (χ0v) is 14.4. The van der Waals surface area contributed by atoms with Crippen LogP contribution in [0.2, 0.25) is 0 Å². The Bertz CT molecular complexity index is 330. The minimum atomic E-state index is 0.519. The molecule has 0 radical (unpaired) electrons. The smallest absolute Gasteiger partial charge is 0.193 e. The highest BCUT2D eigenvalue weighted by atomic mass is 16.5. The molecule has 1 unspecified atom stereocenters. The quantitative estimate of drug-likeness (QED) is 0.424. The molecule has 128 valence electrons. The molecule has 2 rings (SSSR count). The maximum Gasteiger partial charge on any atom is 0.193 e. The van der Waals surface area contributed by atoms with Gasteiger partial charge in [0.25, 0.3) is 0 Å². The van der Waals surface area contributed by atoms with E-state index >= 15 is 0 Å². The Balaban J connectivity index is 1.68. The molecule has 0 spiro atoms. The van der Waals surface area contributed by atoms with Gasteiger partial charge in [0.2, 0.25) is 0 Å². The Morgan fingerprint density at radius 3 is 2.82 bits per heavy atom. The number of nitrogens with one attached hydrogen (secondary N) is 1. The maximum absolute atomic E-state index is 5.90. The monoisotopic (exact) mass is 311 g/mol. The average molecular weight is 311 g/mol. The van der Waals surface area contributed by atoms with Gasteiger partial charge in [-0.1, -0.05) is 12.8 Å². The lowest BCUT2D eigenvalue weighted by molar-refractivity contribution is 0.0579. The number of rotatable bonds is 8. The molecule has 0 amide bonds. The van der Waals surface area contributed by atoms with E-state index in [-0.39, 0.29) is 0 Å². The normalized spacial score (nSPS) is 23.5. The number of guanidine groups is 1. The lowest BCUT2D eigenvalue weighted by Crippen LogP contribution is -2.40. The Hall–Kier alpha value is -0.810. The number of aliphatic imine (C=N–C) groups is 1.